The SMILES string of the molecule is O=S(=O)(NS)C1CC1. The van der Waals surface area contributed by atoms with Crippen molar-refractivity contribution in [2.24, 2.45) is 0 Å². The van der Waals surface area contributed by atoms with Crippen LogP contribution in [0.15, 0.2) is 0 Å². The lowest BCUT2D eigenvalue weighted by atomic mass is 11.0. The number of rotatable bonds is 2. The first kappa shape index (κ1) is 6.38. The van der Waals surface area contributed by atoms with Crippen LogP contribution >= 0.6 is 12.8 Å². The lowest BCUT2D eigenvalue weighted by molar-refractivity contribution is 0.593. The molecule has 0 aromatic heterocycles. The van der Waals surface area contributed by atoms with Crippen LogP contribution in [0.25, 0.3) is 0 Å². The molecule has 0 bridgehead atoms. The van der Waals surface area contributed by atoms with Crippen LogP contribution < -0.4 is 4.13 Å². The number of nitrogens with one attached hydrogen (secondary N) is 1. The Hall–Kier alpha value is 0.260. The first-order valence-electron chi connectivity index (χ1n) is 2.31. The summed E-state index contributed by atoms with van der Waals surface area (Å²) in [5, 5.41) is -0.153. The predicted molar refractivity (Wildman–Crippen MR) is 34.1 cm³/mol. The Labute approximate surface area is 54.1 Å². The average Bonchev–Trinajstić information content (AvgIpc) is 2.44. The van der Waals surface area contributed by atoms with Crippen molar-refractivity contribution < 1.29 is 8.42 Å². The molecule has 0 aromatic carbocycles. The van der Waals surface area contributed by atoms with Gasteiger partial charge in [-0.1, -0.05) is 12.8 Å². The fourth-order valence-electron chi connectivity index (χ4n) is 0.453. The summed E-state index contributed by atoms with van der Waals surface area (Å²) in [5.74, 6) is 0. The maximum Gasteiger partial charge on any atom is 0.223 e. The topological polar surface area (TPSA) is 46.2 Å². The summed E-state index contributed by atoms with van der Waals surface area (Å²) in [6, 6.07) is 0. The molecule has 1 saturated carbocycles. The average molecular weight is 153 g/mol. The zero-order chi connectivity index (χ0) is 6.20. The van der Waals surface area contributed by atoms with Crippen LogP contribution in [-0.2, 0) is 10.0 Å². The zero-order valence-corrected chi connectivity index (χ0v) is 5.87. The molecule has 1 aliphatic rings. The van der Waals surface area contributed by atoms with E-state index >= 15 is 0 Å². The summed E-state index contributed by atoms with van der Waals surface area (Å²) >= 11 is 3.44. The van der Waals surface area contributed by atoms with Crippen molar-refractivity contribution in [3.05, 3.63) is 0 Å². The van der Waals surface area contributed by atoms with Crippen molar-refractivity contribution in [1.29, 1.82) is 0 Å². The van der Waals surface area contributed by atoms with Gasteiger partial charge in [0.05, 0.1) is 5.25 Å². The second-order valence-corrected chi connectivity index (χ2v) is 4.32. The van der Waals surface area contributed by atoms with Gasteiger partial charge in [0, 0.05) is 0 Å². The van der Waals surface area contributed by atoms with E-state index in [1.807, 2.05) is 4.13 Å². The molecule has 0 unspecified atom stereocenters. The molecule has 0 amide bonds. The number of thiol groups is 1. The summed E-state index contributed by atoms with van der Waals surface area (Å²) < 4.78 is 23.1. The van der Waals surface area contributed by atoms with Gasteiger partial charge in [0.2, 0.25) is 10.0 Å². The summed E-state index contributed by atoms with van der Waals surface area (Å²) in [6.07, 6.45) is 1.58. The highest BCUT2D eigenvalue weighted by atomic mass is 32.3. The van der Waals surface area contributed by atoms with Crippen LogP contribution in [0.5, 0.6) is 0 Å². The van der Waals surface area contributed by atoms with Crippen LogP contribution in [0, 0.1) is 0 Å². The van der Waals surface area contributed by atoms with E-state index in [1.165, 1.54) is 0 Å². The van der Waals surface area contributed by atoms with Crippen molar-refractivity contribution in [2.45, 2.75) is 18.1 Å². The molecule has 0 aromatic rings. The monoisotopic (exact) mass is 153 g/mol. The number of hydrogen-bond donors (Lipinski definition) is 2. The first-order chi connectivity index (χ1) is 3.67. The molecular formula is C3H7NO2S2. The molecule has 5 heteroatoms. The summed E-state index contributed by atoms with van der Waals surface area (Å²) in [4.78, 5) is 0. The van der Waals surface area contributed by atoms with Crippen LogP contribution in [0.4, 0.5) is 0 Å². The van der Waals surface area contributed by atoms with Crippen LogP contribution in [0.1, 0.15) is 12.8 Å². The molecule has 0 atom stereocenters. The van der Waals surface area contributed by atoms with Crippen molar-refractivity contribution in [2.75, 3.05) is 0 Å². The van der Waals surface area contributed by atoms with Gasteiger partial charge in [-0.25, -0.2) is 8.42 Å². The Morgan fingerprint density at radius 2 is 2.00 bits per heavy atom. The van der Waals surface area contributed by atoms with Gasteiger partial charge < -0.3 is 0 Å². The van der Waals surface area contributed by atoms with Gasteiger partial charge in [-0.05, 0) is 12.8 Å². The predicted octanol–water partition coefficient (Wildman–Crippen LogP) is -0.0870. The molecule has 1 fully saturated rings. The third-order valence-corrected chi connectivity index (χ3v) is 3.46. The van der Waals surface area contributed by atoms with Gasteiger partial charge in [0.15, 0.2) is 0 Å². The molecule has 8 heavy (non-hydrogen) atoms. The van der Waals surface area contributed by atoms with Crippen molar-refractivity contribution in [1.82, 2.24) is 4.13 Å². The largest absolute Gasteiger partial charge is 0.223 e. The van der Waals surface area contributed by atoms with E-state index in [0.717, 1.165) is 12.8 Å². The van der Waals surface area contributed by atoms with E-state index in [0.29, 0.717) is 0 Å². The van der Waals surface area contributed by atoms with Crippen LogP contribution in [0.3, 0.4) is 0 Å². The highest BCUT2D eigenvalue weighted by Gasteiger charge is 2.34. The Kier molecular flexibility index (Phi) is 1.51. The Morgan fingerprint density at radius 1 is 1.50 bits per heavy atom. The van der Waals surface area contributed by atoms with E-state index in [-0.39, 0.29) is 5.25 Å². The van der Waals surface area contributed by atoms with Gasteiger partial charge in [0.1, 0.15) is 0 Å². The molecule has 0 heterocycles. The fraction of sp³-hybridized carbons (Fsp3) is 1.00. The van der Waals surface area contributed by atoms with Crippen LogP contribution in [-0.4, -0.2) is 13.7 Å². The number of hydrogen-bond acceptors (Lipinski definition) is 3. The van der Waals surface area contributed by atoms with Gasteiger partial charge in [-0.3, -0.25) is 0 Å². The molecule has 0 radical (unpaired) electrons. The van der Waals surface area contributed by atoms with Gasteiger partial charge in [0.25, 0.3) is 0 Å². The molecule has 1 N–H and O–H groups in total. The van der Waals surface area contributed by atoms with Gasteiger partial charge >= 0.3 is 0 Å². The van der Waals surface area contributed by atoms with Gasteiger partial charge in [-0.2, -0.15) is 4.13 Å². The Morgan fingerprint density at radius 3 is 2.12 bits per heavy atom. The van der Waals surface area contributed by atoms with Gasteiger partial charge in [-0.15, -0.1) is 0 Å². The lowest BCUT2D eigenvalue weighted by Crippen LogP contribution is -2.17. The molecule has 0 aliphatic heterocycles. The Bertz CT molecular complexity index is 170. The quantitative estimate of drug-likeness (QED) is 0.545. The summed E-state index contributed by atoms with van der Waals surface area (Å²) in [6.45, 7) is 0. The summed E-state index contributed by atoms with van der Waals surface area (Å²) in [7, 11) is -3.01. The van der Waals surface area contributed by atoms with E-state index in [1.54, 1.807) is 0 Å². The highest BCUT2D eigenvalue weighted by molar-refractivity contribution is 8.01. The normalized spacial score (nSPS) is 21.1. The standard InChI is InChI=1S/C3H7NO2S2/c5-8(6,4-7)3-1-2-3/h3-4,7H,1-2H2. The van der Waals surface area contributed by atoms with Crippen molar-refractivity contribution in [3.8, 4) is 0 Å². The molecule has 1 rings (SSSR count). The third kappa shape index (κ3) is 1.15. The maximum absolute atomic E-state index is 10.6. The molecule has 48 valence electrons. The van der Waals surface area contributed by atoms with Crippen molar-refractivity contribution >= 4 is 22.8 Å². The molecule has 1 aliphatic carbocycles. The maximum atomic E-state index is 10.6. The second kappa shape index (κ2) is 1.89. The Balaban J connectivity index is 2.65. The second-order valence-electron chi connectivity index (χ2n) is 1.84. The minimum Gasteiger partial charge on any atom is -0.211 e. The minimum absolute atomic E-state index is 0.153. The number of sulfonamides is 1. The molecular weight excluding hydrogens is 146 g/mol. The summed E-state index contributed by atoms with van der Waals surface area (Å²) in [5.41, 5.74) is 0. The molecule has 3 nitrogen and oxygen atoms in total. The smallest absolute Gasteiger partial charge is 0.211 e. The lowest BCUT2D eigenvalue weighted by Gasteiger charge is -1.93. The zero-order valence-electron chi connectivity index (χ0n) is 4.16. The highest BCUT2D eigenvalue weighted by Crippen LogP contribution is 2.27. The first-order valence-corrected chi connectivity index (χ1v) is 4.31. The molecule has 0 spiro atoms. The van der Waals surface area contributed by atoms with E-state index in [4.69, 9.17) is 0 Å². The van der Waals surface area contributed by atoms with Crippen molar-refractivity contribution in [3.63, 3.8) is 0 Å². The molecule has 0 saturated heterocycles. The van der Waals surface area contributed by atoms with E-state index < -0.39 is 10.0 Å². The minimum atomic E-state index is -3.01. The third-order valence-electron chi connectivity index (χ3n) is 1.09. The van der Waals surface area contributed by atoms with E-state index in [9.17, 15) is 8.42 Å². The van der Waals surface area contributed by atoms with E-state index in [2.05, 4.69) is 12.8 Å². The van der Waals surface area contributed by atoms with Crippen LogP contribution in [0.2, 0.25) is 0 Å². The fourth-order valence-corrected chi connectivity index (χ4v) is 1.81.